The normalized spacial score (nSPS) is 18.8. The molecule has 0 N–H and O–H groups in total. The van der Waals surface area contributed by atoms with Gasteiger partial charge in [0.05, 0.1) is 17.1 Å². The minimum absolute atomic E-state index is 0.0410. The van der Waals surface area contributed by atoms with Crippen LogP contribution < -0.4 is 0 Å². The largest absolute Gasteiger partial charge is 0.459 e. The summed E-state index contributed by atoms with van der Waals surface area (Å²) in [7, 11) is 0. The second-order valence-electron chi connectivity index (χ2n) is 6.50. The highest BCUT2D eigenvalue weighted by Gasteiger charge is 2.32. The number of benzene rings is 2. The molecule has 0 saturated heterocycles. The van der Waals surface area contributed by atoms with Crippen LogP contribution in [0.3, 0.4) is 0 Å². The van der Waals surface area contributed by atoms with Gasteiger partial charge in [-0.25, -0.2) is 4.79 Å². The van der Waals surface area contributed by atoms with Gasteiger partial charge in [0, 0.05) is 18.7 Å². The van der Waals surface area contributed by atoms with Gasteiger partial charge in [-0.1, -0.05) is 30.3 Å². The first-order valence-corrected chi connectivity index (χ1v) is 8.69. The summed E-state index contributed by atoms with van der Waals surface area (Å²) >= 11 is 0. The molecule has 6 heteroatoms. The van der Waals surface area contributed by atoms with Gasteiger partial charge in [0.1, 0.15) is 6.10 Å². The van der Waals surface area contributed by atoms with E-state index < -0.39 is 10.9 Å². The number of carbonyl (C=O) groups is 1. The van der Waals surface area contributed by atoms with E-state index in [9.17, 15) is 14.9 Å². The van der Waals surface area contributed by atoms with Crippen molar-refractivity contribution in [1.82, 2.24) is 0 Å². The van der Waals surface area contributed by atoms with E-state index >= 15 is 0 Å². The molecule has 6 nitrogen and oxygen atoms in total. The molecule has 26 heavy (non-hydrogen) atoms. The SMILES string of the molecule is O=C(O[C@H]1C[C@H](CCOCc2ccccc2)C1)c1ccc([N+](=O)[O-])cc1. The summed E-state index contributed by atoms with van der Waals surface area (Å²) in [6.07, 6.45) is 2.57. The second-order valence-corrected chi connectivity index (χ2v) is 6.50. The standard InChI is InChI=1S/C20H21NO5/c22-20(17-6-8-18(9-7-17)21(23)24)26-19-12-16(13-19)10-11-25-14-15-4-2-1-3-5-15/h1-9,16,19H,10-14H2/t16-,19-. The molecule has 0 bridgehead atoms. The van der Waals surface area contributed by atoms with Crippen molar-refractivity contribution in [3.8, 4) is 0 Å². The molecule has 2 aromatic carbocycles. The highest BCUT2D eigenvalue weighted by atomic mass is 16.6. The van der Waals surface area contributed by atoms with Gasteiger partial charge in [0.2, 0.25) is 0 Å². The molecule has 0 spiro atoms. The zero-order chi connectivity index (χ0) is 18.4. The Morgan fingerprint density at radius 1 is 1.08 bits per heavy atom. The van der Waals surface area contributed by atoms with Gasteiger partial charge < -0.3 is 9.47 Å². The third kappa shape index (κ3) is 4.89. The van der Waals surface area contributed by atoms with Crippen molar-refractivity contribution in [3.63, 3.8) is 0 Å². The third-order valence-electron chi connectivity index (χ3n) is 4.56. The Morgan fingerprint density at radius 2 is 1.77 bits per heavy atom. The maximum Gasteiger partial charge on any atom is 0.338 e. The Hall–Kier alpha value is -2.73. The topological polar surface area (TPSA) is 78.7 Å². The Morgan fingerprint density at radius 3 is 2.42 bits per heavy atom. The number of nitrogens with zero attached hydrogens (tertiary/aromatic N) is 1. The molecule has 2 aromatic rings. The Labute approximate surface area is 151 Å². The number of non-ortho nitro benzene ring substituents is 1. The quantitative estimate of drug-likeness (QED) is 0.308. The van der Waals surface area contributed by atoms with Gasteiger partial charge in [0.15, 0.2) is 0 Å². The van der Waals surface area contributed by atoms with Gasteiger partial charge in [0.25, 0.3) is 5.69 Å². The maximum atomic E-state index is 12.0. The molecule has 0 heterocycles. The fourth-order valence-corrected chi connectivity index (χ4v) is 2.96. The summed E-state index contributed by atoms with van der Waals surface area (Å²) < 4.78 is 11.1. The number of carbonyl (C=O) groups excluding carboxylic acids is 1. The van der Waals surface area contributed by atoms with Gasteiger partial charge >= 0.3 is 5.97 Å². The number of esters is 1. The lowest BCUT2D eigenvalue weighted by Crippen LogP contribution is -2.33. The van der Waals surface area contributed by atoms with Crippen LogP contribution in [-0.4, -0.2) is 23.6 Å². The van der Waals surface area contributed by atoms with Gasteiger partial charge in [-0.05, 0) is 42.9 Å². The number of ether oxygens (including phenoxy) is 2. The smallest absolute Gasteiger partial charge is 0.338 e. The Balaban J connectivity index is 1.32. The van der Waals surface area contributed by atoms with Crippen LogP contribution in [0.5, 0.6) is 0 Å². The summed E-state index contributed by atoms with van der Waals surface area (Å²) in [6, 6.07) is 15.5. The number of hydrogen-bond acceptors (Lipinski definition) is 5. The average Bonchev–Trinajstić information content (AvgIpc) is 2.63. The molecule has 0 aromatic heterocycles. The first-order valence-electron chi connectivity index (χ1n) is 8.69. The highest BCUT2D eigenvalue weighted by molar-refractivity contribution is 5.89. The van der Waals surface area contributed by atoms with Crippen LogP contribution in [0.4, 0.5) is 5.69 Å². The molecule has 1 fully saturated rings. The zero-order valence-electron chi connectivity index (χ0n) is 14.4. The van der Waals surface area contributed by atoms with E-state index in [1.165, 1.54) is 24.3 Å². The molecule has 0 aliphatic heterocycles. The van der Waals surface area contributed by atoms with E-state index in [2.05, 4.69) is 0 Å². The fraction of sp³-hybridized carbons (Fsp3) is 0.350. The minimum atomic E-state index is -0.495. The Bertz CT molecular complexity index is 739. The Kier molecular flexibility index (Phi) is 5.96. The molecule has 0 unspecified atom stereocenters. The zero-order valence-corrected chi connectivity index (χ0v) is 14.4. The monoisotopic (exact) mass is 355 g/mol. The highest BCUT2D eigenvalue weighted by Crippen LogP contribution is 2.33. The van der Waals surface area contributed by atoms with E-state index in [0.717, 1.165) is 24.8 Å². The molecular formula is C20H21NO5. The van der Waals surface area contributed by atoms with Crippen LogP contribution in [0.25, 0.3) is 0 Å². The molecular weight excluding hydrogens is 334 g/mol. The molecule has 0 atom stereocenters. The second kappa shape index (κ2) is 8.58. The van der Waals surface area contributed by atoms with E-state index in [0.29, 0.717) is 24.7 Å². The van der Waals surface area contributed by atoms with Gasteiger partial charge in [-0.2, -0.15) is 0 Å². The van der Waals surface area contributed by atoms with E-state index in [1.54, 1.807) is 0 Å². The van der Waals surface area contributed by atoms with Crippen LogP contribution in [0.1, 0.15) is 35.2 Å². The fourth-order valence-electron chi connectivity index (χ4n) is 2.96. The average molecular weight is 355 g/mol. The van der Waals surface area contributed by atoms with Crippen molar-refractivity contribution in [3.05, 3.63) is 75.8 Å². The maximum absolute atomic E-state index is 12.0. The third-order valence-corrected chi connectivity index (χ3v) is 4.56. The molecule has 0 radical (unpaired) electrons. The predicted molar refractivity (Wildman–Crippen MR) is 95.7 cm³/mol. The van der Waals surface area contributed by atoms with Gasteiger partial charge in [-0.3, -0.25) is 10.1 Å². The van der Waals surface area contributed by atoms with Crippen LogP contribution in [0.2, 0.25) is 0 Å². The molecule has 1 aliphatic rings. The van der Waals surface area contributed by atoms with Gasteiger partial charge in [-0.15, -0.1) is 0 Å². The summed E-state index contributed by atoms with van der Waals surface area (Å²) in [4.78, 5) is 22.2. The molecule has 1 saturated carbocycles. The summed E-state index contributed by atoms with van der Waals surface area (Å²) in [6.45, 7) is 1.31. The predicted octanol–water partition coefficient (Wildman–Crippen LogP) is 4.14. The van der Waals surface area contributed by atoms with Crippen LogP contribution in [0, 0.1) is 16.0 Å². The lowest BCUT2D eigenvalue weighted by atomic mass is 9.80. The van der Waals surface area contributed by atoms with Crippen LogP contribution >= 0.6 is 0 Å². The molecule has 1 aliphatic carbocycles. The molecule has 3 rings (SSSR count). The van der Waals surface area contributed by atoms with E-state index in [1.807, 2.05) is 30.3 Å². The first-order chi connectivity index (χ1) is 12.6. The summed E-state index contributed by atoms with van der Waals surface area (Å²) in [5, 5.41) is 10.6. The first kappa shape index (κ1) is 18.1. The van der Waals surface area contributed by atoms with Crippen molar-refractivity contribution >= 4 is 11.7 Å². The summed E-state index contributed by atoms with van der Waals surface area (Å²) in [5.41, 5.74) is 1.46. The lowest BCUT2D eigenvalue weighted by molar-refractivity contribution is -0.384. The number of nitro groups is 1. The van der Waals surface area contributed by atoms with Crippen LogP contribution in [0.15, 0.2) is 54.6 Å². The summed E-state index contributed by atoms with van der Waals surface area (Å²) in [5.74, 6) is 0.0871. The van der Waals surface area contributed by atoms with Crippen molar-refractivity contribution < 1.29 is 19.2 Å². The van der Waals surface area contributed by atoms with Crippen LogP contribution in [-0.2, 0) is 16.1 Å². The molecule has 136 valence electrons. The number of nitro benzene ring substituents is 1. The van der Waals surface area contributed by atoms with Crippen molar-refractivity contribution in [2.75, 3.05) is 6.61 Å². The van der Waals surface area contributed by atoms with Crippen molar-refractivity contribution in [2.24, 2.45) is 5.92 Å². The number of hydrogen-bond donors (Lipinski definition) is 0. The minimum Gasteiger partial charge on any atom is -0.459 e. The van der Waals surface area contributed by atoms with Crippen molar-refractivity contribution in [2.45, 2.75) is 32.0 Å². The van der Waals surface area contributed by atoms with E-state index in [4.69, 9.17) is 9.47 Å². The molecule has 0 amide bonds. The van der Waals surface area contributed by atoms with Crippen molar-refractivity contribution in [1.29, 1.82) is 0 Å². The lowest BCUT2D eigenvalue weighted by Gasteiger charge is -2.34. The van der Waals surface area contributed by atoms with E-state index in [-0.39, 0.29) is 11.8 Å². The number of rotatable bonds is 8.